The summed E-state index contributed by atoms with van der Waals surface area (Å²) in [6, 6.07) is 7.20. The van der Waals surface area contributed by atoms with Crippen molar-refractivity contribution in [2.75, 3.05) is 13.1 Å². The number of hydrogen-bond donors (Lipinski definition) is 2. The maximum absolute atomic E-state index is 11.8. The average Bonchev–Trinajstić information content (AvgIpc) is 2.44. The lowest BCUT2D eigenvalue weighted by Gasteiger charge is -2.15. The molecule has 106 valence electrons. The van der Waals surface area contributed by atoms with Crippen molar-refractivity contribution < 1.29 is 14.3 Å². The van der Waals surface area contributed by atoms with Crippen LogP contribution in [0.15, 0.2) is 28.7 Å². The number of amides is 2. The number of carbonyl (C=O) groups excluding carboxylic acids is 2. The molecule has 1 rings (SSSR count). The highest BCUT2D eigenvalue weighted by molar-refractivity contribution is 9.10. The van der Waals surface area contributed by atoms with Gasteiger partial charge in [0.05, 0.1) is 17.6 Å². The topological polar surface area (TPSA) is 67.4 Å². The molecular weight excluding hydrogens is 324 g/mol. The van der Waals surface area contributed by atoms with Gasteiger partial charge in [-0.2, -0.15) is 0 Å². The smallest absolute Gasteiger partial charge is 0.261 e. The van der Waals surface area contributed by atoms with Gasteiger partial charge in [-0.1, -0.05) is 18.1 Å². The Labute approximate surface area is 126 Å². The highest BCUT2D eigenvalue weighted by atomic mass is 79.9. The number of carbonyl (C=O) groups is 2. The van der Waals surface area contributed by atoms with Gasteiger partial charge in [0.1, 0.15) is 5.75 Å². The fraction of sp³-hybridized carbons (Fsp3) is 0.286. The van der Waals surface area contributed by atoms with Gasteiger partial charge < -0.3 is 15.4 Å². The number of benzene rings is 1. The number of nitrogens with one attached hydrogen (secondary N) is 2. The minimum atomic E-state index is -0.714. The molecule has 0 unspecified atom stereocenters. The number of halogens is 1. The lowest BCUT2D eigenvalue weighted by molar-refractivity contribution is -0.130. The molecule has 0 saturated carbocycles. The molecule has 1 atom stereocenters. The monoisotopic (exact) mass is 338 g/mol. The summed E-state index contributed by atoms with van der Waals surface area (Å²) in [5, 5.41) is 4.92. The molecule has 20 heavy (non-hydrogen) atoms. The van der Waals surface area contributed by atoms with E-state index < -0.39 is 6.10 Å². The van der Waals surface area contributed by atoms with E-state index in [1.165, 1.54) is 0 Å². The van der Waals surface area contributed by atoms with Gasteiger partial charge in [-0.05, 0) is 35.0 Å². The lowest BCUT2D eigenvalue weighted by Crippen LogP contribution is -2.42. The number of terminal acetylenes is 1. The van der Waals surface area contributed by atoms with E-state index >= 15 is 0 Å². The molecule has 0 bridgehead atoms. The summed E-state index contributed by atoms with van der Waals surface area (Å²) < 4.78 is 6.25. The third kappa shape index (κ3) is 5.33. The van der Waals surface area contributed by atoms with E-state index in [0.29, 0.717) is 5.75 Å². The van der Waals surface area contributed by atoms with Gasteiger partial charge in [0.2, 0.25) is 5.91 Å². The number of rotatable bonds is 6. The zero-order valence-corrected chi connectivity index (χ0v) is 12.6. The van der Waals surface area contributed by atoms with Crippen molar-refractivity contribution in [2.45, 2.75) is 13.0 Å². The Morgan fingerprint density at radius 3 is 2.75 bits per heavy atom. The Morgan fingerprint density at radius 2 is 2.10 bits per heavy atom. The van der Waals surface area contributed by atoms with Crippen molar-refractivity contribution in [1.29, 1.82) is 0 Å². The van der Waals surface area contributed by atoms with E-state index in [9.17, 15) is 9.59 Å². The van der Waals surface area contributed by atoms with Crippen molar-refractivity contribution in [1.82, 2.24) is 10.6 Å². The number of ether oxygens (including phenoxy) is 1. The predicted octanol–water partition coefficient (Wildman–Crippen LogP) is 1.08. The molecule has 2 N–H and O–H groups in total. The molecule has 6 heteroatoms. The predicted molar refractivity (Wildman–Crippen MR) is 79.1 cm³/mol. The molecule has 0 aliphatic heterocycles. The van der Waals surface area contributed by atoms with E-state index in [1.54, 1.807) is 19.1 Å². The maximum Gasteiger partial charge on any atom is 0.261 e. The van der Waals surface area contributed by atoms with Crippen molar-refractivity contribution in [3.05, 3.63) is 28.7 Å². The first kappa shape index (κ1) is 16.1. The zero-order valence-electron chi connectivity index (χ0n) is 11.0. The van der Waals surface area contributed by atoms with Crippen LogP contribution in [-0.2, 0) is 9.59 Å². The second-order valence-electron chi connectivity index (χ2n) is 3.89. The Hall–Kier alpha value is -2.00. The molecule has 0 saturated heterocycles. The minimum Gasteiger partial charge on any atom is -0.480 e. The first-order chi connectivity index (χ1) is 9.54. The molecule has 1 aromatic rings. The summed E-state index contributed by atoms with van der Waals surface area (Å²) in [6.45, 7) is 1.61. The van der Waals surface area contributed by atoms with Crippen molar-refractivity contribution in [3.8, 4) is 18.1 Å². The molecule has 1 aromatic carbocycles. The largest absolute Gasteiger partial charge is 0.480 e. The molecule has 0 heterocycles. The van der Waals surface area contributed by atoms with Gasteiger partial charge in [-0.15, -0.1) is 6.42 Å². The van der Waals surface area contributed by atoms with Crippen LogP contribution in [0, 0.1) is 12.3 Å². The fourth-order valence-corrected chi connectivity index (χ4v) is 1.69. The molecule has 0 fully saturated rings. The molecule has 0 aliphatic rings. The Morgan fingerprint density at radius 1 is 1.40 bits per heavy atom. The quantitative estimate of drug-likeness (QED) is 0.763. The minimum absolute atomic E-state index is 0.135. The molecular formula is C14H15BrN2O3. The third-order valence-electron chi connectivity index (χ3n) is 2.32. The Bertz CT molecular complexity index is 525. The second-order valence-corrected chi connectivity index (χ2v) is 4.74. The molecule has 0 aliphatic carbocycles. The summed E-state index contributed by atoms with van der Waals surface area (Å²) in [6.07, 6.45) is 4.29. The van der Waals surface area contributed by atoms with Crippen LogP contribution in [0.2, 0.25) is 0 Å². The van der Waals surface area contributed by atoms with Crippen LogP contribution in [0.3, 0.4) is 0 Å². The highest BCUT2D eigenvalue weighted by Crippen LogP contribution is 2.24. The van der Waals surface area contributed by atoms with E-state index in [0.717, 1.165) is 4.47 Å². The Balaban J connectivity index is 2.42. The maximum atomic E-state index is 11.8. The molecule has 0 radical (unpaired) electrons. The summed E-state index contributed by atoms with van der Waals surface area (Å²) in [7, 11) is 0. The van der Waals surface area contributed by atoms with Gasteiger partial charge in [-0.25, -0.2) is 0 Å². The van der Waals surface area contributed by atoms with Crippen LogP contribution in [0.25, 0.3) is 0 Å². The molecule has 2 amide bonds. The van der Waals surface area contributed by atoms with Gasteiger partial charge in [0.25, 0.3) is 5.91 Å². The van der Waals surface area contributed by atoms with Gasteiger partial charge in [0, 0.05) is 0 Å². The normalized spacial score (nSPS) is 11.1. The second kappa shape index (κ2) is 8.23. The average molecular weight is 339 g/mol. The Kier molecular flexibility index (Phi) is 6.60. The number of hydrogen-bond acceptors (Lipinski definition) is 3. The van der Waals surface area contributed by atoms with Crippen LogP contribution >= 0.6 is 15.9 Å². The lowest BCUT2D eigenvalue weighted by atomic mass is 10.3. The van der Waals surface area contributed by atoms with Crippen molar-refractivity contribution >= 4 is 27.7 Å². The summed E-state index contributed by atoms with van der Waals surface area (Å²) in [4.78, 5) is 23.0. The van der Waals surface area contributed by atoms with E-state index in [2.05, 4.69) is 32.5 Å². The van der Waals surface area contributed by atoms with Gasteiger partial charge >= 0.3 is 0 Å². The molecule has 5 nitrogen and oxygen atoms in total. The van der Waals surface area contributed by atoms with E-state index in [4.69, 9.17) is 11.2 Å². The van der Waals surface area contributed by atoms with Crippen LogP contribution in [0.4, 0.5) is 0 Å². The summed E-state index contributed by atoms with van der Waals surface area (Å²) in [5.74, 6) is 2.11. The van der Waals surface area contributed by atoms with Crippen molar-refractivity contribution in [3.63, 3.8) is 0 Å². The van der Waals surface area contributed by atoms with Gasteiger partial charge in [0.15, 0.2) is 6.10 Å². The van der Waals surface area contributed by atoms with Crippen molar-refractivity contribution in [2.24, 2.45) is 0 Å². The summed E-state index contributed by atoms with van der Waals surface area (Å²) >= 11 is 3.32. The number of para-hydroxylation sites is 1. The van der Waals surface area contributed by atoms with Crippen LogP contribution in [0.5, 0.6) is 5.75 Å². The molecule has 0 aromatic heterocycles. The van der Waals surface area contributed by atoms with Crippen LogP contribution in [0.1, 0.15) is 6.92 Å². The third-order valence-corrected chi connectivity index (χ3v) is 2.98. The van der Waals surface area contributed by atoms with Gasteiger partial charge in [-0.3, -0.25) is 9.59 Å². The standard InChI is InChI=1S/C14H15BrN2O3/c1-3-8-16-13(18)9-17-14(19)10(2)20-12-7-5-4-6-11(12)15/h1,4-7,10H,8-9H2,2H3,(H,16,18)(H,17,19)/t10-/m0/s1. The molecule has 0 spiro atoms. The summed E-state index contributed by atoms with van der Waals surface area (Å²) in [5.41, 5.74) is 0. The van der Waals surface area contributed by atoms with Crippen LogP contribution in [-0.4, -0.2) is 31.0 Å². The van der Waals surface area contributed by atoms with E-state index in [-0.39, 0.29) is 24.9 Å². The SMILES string of the molecule is C#CCNC(=O)CNC(=O)[C@H](C)Oc1ccccc1Br. The zero-order chi connectivity index (χ0) is 15.0. The fourth-order valence-electron chi connectivity index (χ4n) is 1.31. The van der Waals surface area contributed by atoms with Crippen LogP contribution < -0.4 is 15.4 Å². The first-order valence-corrected chi connectivity index (χ1v) is 6.73. The first-order valence-electron chi connectivity index (χ1n) is 5.93. The van der Waals surface area contributed by atoms with E-state index in [1.807, 2.05) is 12.1 Å². The highest BCUT2D eigenvalue weighted by Gasteiger charge is 2.16.